The van der Waals surface area contributed by atoms with E-state index in [1.165, 1.54) is 12.1 Å². The molecule has 7 heteroatoms. The molecule has 0 aliphatic carbocycles. The van der Waals surface area contributed by atoms with Crippen LogP contribution in [0.1, 0.15) is 43.7 Å². The molecule has 28 heavy (non-hydrogen) atoms. The number of hydrogen-bond acceptors (Lipinski definition) is 2. The maximum Gasteiger partial charge on any atom is 0.416 e. The number of carbonyl (C=O) groups is 2. The monoisotopic (exact) mass is 396 g/mol. The Balaban J connectivity index is 1.48. The zero-order valence-corrected chi connectivity index (χ0v) is 16.2. The lowest BCUT2D eigenvalue weighted by atomic mass is 9.92. The highest BCUT2D eigenvalue weighted by atomic mass is 19.4. The molecule has 1 aromatic rings. The second kappa shape index (κ2) is 8.53. The first-order valence-electron chi connectivity index (χ1n) is 9.96. The fourth-order valence-corrected chi connectivity index (χ4v) is 3.96. The zero-order valence-electron chi connectivity index (χ0n) is 16.2. The third-order valence-corrected chi connectivity index (χ3v) is 5.93. The van der Waals surface area contributed by atoms with Crippen molar-refractivity contribution < 1.29 is 22.8 Å². The minimum absolute atomic E-state index is 0.0245. The van der Waals surface area contributed by atoms with Gasteiger partial charge in [-0.3, -0.25) is 9.59 Å². The molecule has 0 spiro atoms. The minimum Gasteiger partial charge on any atom is -0.342 e. The molecular weight excluding hydrogens is 369 g/mol. The highest BCUT2D eigenvalue weighted by molar-refractivity contribution is 5.81. The second-order valence-electron chi connectivity index (χ2n) is 8.03. The topological polar surface area (TPSA) is 40.6 Å². The molecular formula is C21H27F3N2O2. The Morgan fingerprint density at radius 3 is 2.00 bits per heavy atom. The number of hydrogen-bond donors (Lipinski definition) is 0. The largest absolute Gasteiger partial charge is 0.416 e. The molecule has 0 radical (unpaired) electrons. The summed E-state index contributed by atoms with van der Waals surface area (Å²) in [7, 11) is 0. The summed E-state index contributed by atoms with van der Waals surface area (Å²) in [6.07, 6.45) is -0.871. The molecule has 2 saturated heterocycles. The summed E-state index contributed by atoms with van der Waals surface area (Å²) in [5.41, 5.74) is -0.145. The normalized spacial score (nSPS) is 19.7. The van der Waals surface area contributed by atoms with E-state index in [1.807, 2.05) is 4.90 Å². The second-order valence-corrected chi connectivity index (χ2v) is 8.03. The lowest BCUT2D eigenvalue weighted by Crippen LogP contribution is -2.46. The van der Waals surface area contributed by atoms with E-state index < -0.39 is 11.7 Å². The van der Waals surface area contributed by atoms with Crippen LogP contribution < -0.4 is 0 Å². The molecule has 0 unspecified atom stereocenters. The molecule has 0 N–H and O–H groups in total. The fourth-order valence-electron chi connectivity index (χ4n) is 3.96. The lowest BCUT2D eigenvalue weighted by Gasteiger charge is -2.36. The van der Waals surface area contributed by atoms with Gasteiger partial charge in [-0.1, -0.05) is 19.1 Å². The number of amides is 2. The number of nitrogens with zero attached hydrogens (tertiary/aromatic N) is 2. The van der Waals surface area contributed by atoms with Gasteiger partial charge in [-0.15, -0.1) is 0 Å². The van der Waals surface area contributed by atoms with Gasteiger partial charge >= 0.3 is 6.18 Å². The molecule has 0 aromatic heterocycles. The van der Waals surface area contributed by atoms with Crippen molar-refractivity contribution in [1.29, 1.82) is 0 Å². The van der Waals surface area contributed by atoms with Gasteiger partial charge < -0.3 is 9.80 Å². The zero-order chi connectivity index (χ0) is 20.3. The van der Waals surface area contributed by atoms with Crippen molar-refractivity contribution >= 4 is 11.8 Å². The molecule has 4 nitrogen and oxygen atoms in total. The van der Waals surface area contributed by atoms with Gasteiger partial charge in [0.1, 0.15) is 0 Å². The van der Waals surface area contributed by atoms with Crippen molar-refractivity contribution in [2.45, 2.75) is 45.2 Å². The number of carbonyl (C=O) groups excluding carboxylic acids is 2. The maximum atomic E-state index is 12.7. The summed E-state index contributed by atoms with van der Waals surface area (Å²) in [6.45, 7) is 4.92. The molecule has 1 aromatic carbocycles. The number of rotatable bonds is 3. The van der Waals surface area contributed by atoms with Crippen LogP contribution in [0.25, 0.3) is 0 Å². The van der Waals surface area contributed by atoms with Crippen molar-refractivity contribution in [2.75, 3.05) is 26.2 Å². The van der Waals surface area contributed by atoms with Crippen LogP contribution in [0.3, 0.4) is 0 Å². The summed E-state index contributed by atoms with van der Waals surface area (Å²) in [4.78, 5) is 28.8. The molecule has 0 bridgehead atoms. The third kappa shape index (κ3) is 5.06. The average Bonchev–Trinajstić information content (AvgIpc) is 2.68. The standard InChI is InChI=1S/C21H27F3N2O2/c1-15-6-10-26(11-7-15)20(28)17-8-12-25(13-9-17)19(27)14-16-2-4-18(5-3-16)21(22,23)24/h2-5,15,17H,6-14H2,1H3. The van der Waals surface area contributed by atoms with E-state index in [2.05, 4.69) is 6.92 Å². The first-order chi connectivity index (χ1) is 13.2. The summed E-state index contributed by atoms with van der Waals surface area (Å²) < 4.78 is 37.9. The van der Waals surface area contributed by atoms with Crippen LogP contribution in [0.4, 0.5) is 13.2 Å². The van der Waals surface area contributed by atoms with Gasteiger partial charge in [-0.05, 0) is 49.3 Å². The van der Waals surface area contributed by atoms with Crippen LogP contribution >= 0.6 is 0 Å². The average molecular weight is 396 g/mol. The van der Waals surface area contributed by atoms with Crippen LogP contribution in [0.2, 0.25) is 0 Å². The summed E-state index contributed by atoms with van der Waals surface area (Å²) in [6, 6.07) is 4.72. The SMILES string of the molecule is CC1CCN(C(=O)C2CCN(C(=O)Cc3ccc(C(F)(F)F)cc3)CC2)CC1. The van der Waals surface area contributed by atoms with E-state index in [0.29, 0.717) is 37.4 Å². The Morgan fingerprint density at radius 1 is 0.929 bits per heavy atom. The fraction of sp³-hybridized carbons (Fsp3) is 0.619. The van der Waals surface area contributed by atoms with Gasteiger partial charge in [-0.25, -0.2) is 0 Å². The Hall–Kier alpha value is -2.05. The van der Waals surface area contributed by atoms with E-state index in [1.54, 1.807) is 4.90 Å². The highest BCUT2D eigenvalue weighted by Gasteiger charge is 2.32. The van der Waals surface area contributed by atoms with Crippen LogP contribution in [0, 0.1) is 11.8 Å². The van der Waals surface area contributed by atoms with E-state index in [0.717, 1.165) is 38.1 Å². The van der Waals surface area contributed by atoms with Gasteiger partial charge in [0.2, 0.25) is 11.8 Å². The van der Waals surface area contributed by atoms with E-state index >= 15 is 0 Å². The molecule has 2 fully saturated rings. The summed E-state index contributed by atoms with van der Waals surface area (Å²) in [5, 5.41) is 0. The Morgan fingerprint density at radius 2 is 1.46 bits per heavy atom. The minimum atomic E-state index is -4.37. The van der Waals surface area contributed by atoms with Crippen LogP contribution in [-0.4, -0.2) is 47.8 Å². The molecule has 2 aliphatic heterocycles. The highest BCUT2D eigenvalue weighted by Crippen LogP contribution is 2.29. The maximum absolute atomic E-state index is 12.7. The van der Waals surface area contributed by atoms with E-state index in [-0.39, 0.29) is 24.2 Å². The molecule has 0 atom stereocenters. The first kappa shape index (κ1) is 20.7. The number of alkyl halides is 3. The van der Waals surface area contributed by atoms with Gasteiger partial charge in [0, 0.05) is 32.1 Å². The predicted molar refractivity (Wildman–Crippen MR) is 99.4 cm³/mol. The Bertz CT molecular complexity index is 687. The molecule has 3 rings (SSSR count). The number of piperidine rings is 2. The van der Waals surface area contributed by atoms with Crippen molar-refractivity contribution in [3.8, 4) is 0 Å². The molecule has 154 valence electrons. The van der Waals surface area contributed by atoms with Crippen LogP contribution in [0.15, 0.2) is 24.3 Å². The van der Waals surface area contributed by atoms with Crippen molar-refractivity contribution in [2.24, 2.45) is 11.8 Å². The molecule has 2 aliphatic rings. The Kier molecular flexibility index (Phi) is 6.30. The van der Waals surface area contributed by atoms with Gasteiger partial charge in [0.05, 0.1) is 12.0 Å². The van der Waals surface area contributed by atoms with E-state index in [9.17, 15) is 22.8 Å². The number of likely N-dealkylation sites (tertiary alicyclic amines) is 2. The first-order valence-corrected chi connectivity index (χ1v) is 9.96. The smallest absolute Gasteiger partial charge is 0.342 e. The third-order valence-electron chi connectivity index (χ3n) is 5.93. The van der Waals surface area contributed by atoms with Crippen molar-refractivity contribution in [3.63, 3.8) is 0 Å². The quantitative estimate of drug-likeness (QED) is 0.781. The predicted octanol–water partition coefficient (Wildman–Crippen LogP) is 3.75. The van der Waals surface area contributed by atoms with Crippen LogP contribution in [-0.2, 0) is 22.2 Å². The van der Waals surface area contributed by atoms with Crippen LogP contribution in [0.5, 0.6) is 0 Å². The molecule has 2 heterocycles. The van der Waals surface area contributed by atoms with Gasteiger partial charge in [0.25, 0.3) is 0 Å². The number of benzene rings is 1. The Labute approximate surface area is 163 Å². The summed E-state index contributed by atoms with van der Waals surface area (Å²) >= 11 is 0. The van der Waals surface area contributed by atoms with E-state index in [4.69, 9.17) is 0 Å². The van der Waals surface area contributed by atoms with Gasteiger partial charge in [-0.2, -0.15) is 13.2 Å². The molecule has 0 saturated carbocycles. The van der Waals surface area contributed by atoms with Crippen molar-refractivity contribution in [3.05, 3.63) is 35.4 Å². The summed E-state index contributed by atoms with van der Waals surface area (Å²) in [5.74, 6) is 0.761. The van der Waals surface area contributed by atoms with Crippen molar-refractivity contribution in [1.82, 2.24) is 9.80 Å². The molecule has 2 amide bonds. The lowest BCUT2D eigenvalue weighted by molar-refractivity contribution is -0.141. The number of halogens is 3. The van der Waals surface area contributed by atoms with Gasteiger partial charge in [0.15, 0.2) is 0 Å².